The van der Waals surface area contributed by atoms with Crippen molar-refractivity contribution in [3.8, 4) is 22.9 Å². The molecule has 0 spiro atoms. The number of hydrogen-bond acceptors (Lipinski definition) is 9. The summed E-state index contributed by atoms with van der Waals surface area (Å²) in [5.41, 5.74) is 0.00499. The first-order valence-corrected chi connectivity index (χ1v) is 12.6. The average molecular weight is 604 g/mol. The third kappa shape index (κ3) is 7.99. The number of amides is 3. The van der Waals surface area contributed by atoms with Gasteiger partial charge in [-0.3, -0.25) is 0 Å². The molecule has 2 heterocycles. The number of hydrogen-bond donors (Lipinski definition) is 1. The van der Waals surface area contributed by atoms with Crippen molar-refractivity contribution in [3.05, 3.63) is 46.6 Å². The highest BCUT2D eigenvalue weighted by molar-refractivity contribution is 9.10. The Labute approximate surface area is 234 Å². The largest absolute Gasteiger partial charge is 0.464 e. The highest BCUT2D eigenvalue weighted by atomic mass is 79.9. The van der Waals surface area contributed by atoms with Crippen molar-refractivity contribution in [2.45, 2.75) is 59.3 Å². The monoisotopic (exact) mass is 603 g/mol. The molecule has 12 nitrogen and oxygen atoms in total. The van der Waals surface area contributed by atoms with Crippen molar-refractivity contribution in [1.29, 1.82) is 0 Å². The van der Waals surface area contributed by atoms with Crippen LogP contribution in [0.25, 0.3) is 22.9 Å². The van der Waals surface area contributed by atoms with Crippen molar-refractivity contribution in [3.63, 3.8) is 0 Å². The van der Waals surface area contributed by atoms with E-state index >= 15 is 0 Å². The number of imide groups is 1. The maximum Gasteiger partial charge on any atom is 0.425 e. The SMILES string of the molecule is CN(Cc1ccc(-c2nnc(-c3cc(Br)cnc3N(C(=O)O)C(=O)OC(C)(C)C)o2)cc1)C(=O)OC(C)(C)C. The van der Waals surface area contributed by atoms with E-state index in [4.69, 9.17) is 13.9 Å². The number of nitrogens with zero attached hydrogens (tertiary/aromatic N) is 5. The molecule has 0 saturated heterocycles. The van der Waals surface area contributed by atoms with Crippen LogP contribution in [-0.2, 0) is 16.0 Å². The van der Waals surface area contributed by atoms with Crippen LogP contribution in [0.5, 0.6) is 0 Å². The lowest BCUT2D eigenvalue weighted by Gasteiger charge is -2.24. The number of aromatic nitrogens is 3. The topological polar surface area (TPSA) is 148 Å². The van der Waals surface area contributed by atoms with E-state index in [1.54, 1.807) is 72.9 Å². The van der Waals surface area contributed by atoms with Gasteiger partial charge in [-0.25, -0.2) is 19.4 Å². The summed E-state index contributed by atoms with van der Waals surface area (Å²) in [6.07, 6.45) is -1.82. The number of ether oxygens (including phenoxy) is 2. The summed E-state index contributed by atoms with van der Waals surface area (Å²) < 4.78 is 16.9. The molecule has 0 bridgehead atoms. The van der Waals surface area contributed by atoms with Crippen LogP contribution >= 0.6 is 15.9 Å². The number of pyridine rings is 1. The summed E-state index contributed by atoms with van der Waals surface area (Å²) in [6.45, 7) is 10.6. The van der Waals surface area contributed by atoms with Crippen LogP contribution in [0.4, 0.5) is 20.2 Å². The van der Waals surface area contributed by atoms with Gasteiger partial charge in [-0.2, -0.15) is 4.90 Å². The first kappa shape index (κ1) is 29.6. The van der Waals surface area contributed by atoms with Crippen LogP contribution in [0.2, 0.25) is 0 Å². The Morgan fingerprint density at radius 1 is 0.949 bits per heavy atom. The first-order chi connectivity index (χ1) is 18.0. The van der Waals surface area contributed by atoms with Gasteiger partial charge in [-0.1, -0.05) is 12.1 Å². The zero-order valence-corrected chi connectivity index (χ0v) is 24.3. The molecule has 13 heteroatoms. The molecule has 0 radical (unpaired) electrons. The van der Waals surface area contributed by atoms with Crippen molar-refractivity contribution in [2.75, 3.05) is 11.9 Å². The zero-order chi connectivity index (χ0) is 29.1. The van der Waals surface area contributed by atoms with Gasteiger partial charge in [0.2, 0.25) is 5.89 Å². The van der Waals surface area contributed by atoms with E-state index in [1.165, 1.54) is 17.2 Å². The highest BCUT2D eigenvalue weighted by Crippen LogP contribution is 2.33. The van der Waals surface area contributed by atoms with Crippen LogP contribution < -0.4 is 4.90 Å². The minimum atomic E-state index is -1.59. The Hall–Kier alpha value is -4.00. The van der Waals surface area contributed by atoms with Gasteiger partial charge in [0.15, 0.2) is 5.82 Å². The highest BCUT2D eigenvalue weighted by Gasteiger charge is 2.33. The molecule has 0 unspecified atom stereocenters. The molecule has 2 aromatic heterocycles. The van der Waals surface area contributed by atoms with E-state index in [0.29, 0.717) is 21.5 Å². The van der Waals surface area contributed by atoms with Gasteiger partial charge in [-0.15, -0.1) is 10.2 Å². The van der Waals surface area contributed by atoms with Gasteiger partial charge in [0, 0.05) is 29.8 Å². The Morgan fingerprint density at radius 3 is 2.08 bits per heavy atom. The maximum atomic E-state index is 12.7. The van der Waals surface area contributed by atoms with E-state index < -0.39 is 29.5 Å². The normalized spacial score (nSPS) is 11.6. The summed E-state index contributed by atoms with van der Waals surface area (Å²) in [5.74, 6) is -0.157. The molecular weight excluding hydrogens is 574 g/mol. The summed E-state index contributed by atoms with van der Waals surface area (Å²) in [4.78, 5) is 42.9. The first-order valence-electron chi connectivity index (χ1n) is 11.8. The molecular formula is C26H30BrN5O7. The minimum Gasteiger partial charge on any atom is -0.464 e. The van der Waals surface area contributed by atoms with E-state index in [-0.39, 0.29) is 23.2 Å². The van der Waals surface area contributed by atoms with Crippen molar-refractivity contribution < 1.29 is 33.4 Å². The third-order valence-corrected chi connectivity index (χ3v) is 5.23. The third-order valence-electron chi connectivity index (χ3n) is 4.79. The second-order valence-electron chi connectivity index (χ2n) is 10.6. The molecule has 0 aliphatic carbocycles. The van der Waals surface area contributed by atoms with E-state index in [9.17, 15) is 19.5 Å². The van der Waals surface area contributed by atoms with Gasteiger partial charge in [0.1, 0.15) is 11.2 Å². The fraction of sp³-hybridized carbons (Fsp3) is 0.385. The van der Waals surface area contributed by atoms with Gasteiger partial charge in [0.05, 0.1) is 5.56 Å². The van der Waals surface area contributed by atoms with Crippen molar-refractivity contribution in [1.82, 2.24) is 20.1 Å². The maximum absolute atomic E-state index is 12.7. The zero-order valence-electron chi connectivity index (χ0n) is 22.7. The predicted molar refractivity (Wildman–Crippen MR) is 145 cm³/mol. The van der Waals surface area contributed by atoms with Crippen LogP contribution in [0, 0.1) is 0 Å². The molecule has 0 aliphatic rings. The summed E-state index contributed by atoms with van der Waals surface area (Å²) in [7, 11) is 1.65. The molecule has 0 saturated carbocycles. The van der Waals surface area contributed by atoms with Crippen LogP contribution in [0.3, 0.4) is 0 Å². The van der Waals surface area contributed by atoms with Gasteiger partial charge in [-0.05, 0) is 81.2 Å². The number of anilines is 1. The number of benzene rings is 1. The lowest BCUT2D eigenvalue weighted by molar-refractivity contribution is 0.0284. The molecule has 1 N–H and O–H groups in total. The quantitative estimate of drug-likeness (QED) is 0.349. The lowest BCUT2D eigenvalue weighted by atomic mass is 10.1. The fourth-order valence-corrected chi connectivity index (χ4v) is 3.54. The van der Waals surface area contributed by atoms with Crippen molar-refractivity contribution in [2.24, 2.45) is 0 Å². The van der Waals surface area contributed by atoms with Crippen molar-refractivity contribution >= 4 is 40.0 Å². The molecule has 0 atom stereocenters. The van der Waals surface area contributed by atoms with Gasteiger partial charge < -0.3 is 23.9 Å². The molecule has 0 fully saturated rings. The molecule has 3 aromatic rings. The number of halogens is 1. The standard InChI is InChI=1S/C26H30BrN5O7/c1-25(2,3)38-23(35)31(7)14-15-8-10-16(11-9-15)20-29-30-21(37-20)18-12-17(27)13-28-19(18)32(22(33)34)24(36)39-26(4,5)6/h8-13H,14H2,1-7H3,(H,33,34). The van der Waals surface area contributed by atoms with Gasteiger partial charge in [0.25, 0.3) is 5.89 Å². The Morgan fingerprint density at radius 2 is 1.51 bits per heavy atom. The van der Waals surface area contributed by atoms with E-state index in [0.717, 1.165) is 5.56 Å². The van der Waals surface area contributed by atoms with E-state index in [2.05, 4.69) is 31.1 Å². The number of carbonyl (C=O) groups is 3. The average Bonchev–Trinajstić information content (AvgIpc) is 3.28. The molecule has 0 aliphatic heterocycles. The van der Waals surface area contributed by atoms with Crippen LogP contribution in [0.1, 0.15) is 47.1 Å². The second kappa shape index (κ2) is 11.4. The summed E-state index contributed by atoms with van der Waals surface area (Å²) in [5, 5.41) is 17.9. The Balaban J connectivity index is 1.87. The Kier molecular flexibility index (Phi) is 8.64. The summed E-state index contributed by atoms with van der Waals surface area (Å²) in [6, 6.07) is 8.62. The fourth-order valence-electron chi connectivity index (χ4n) is 3.21. The molecule has 1 aromatic carbocycles. The predicted octanol–water partition coefficient (Wildman–Crippen LogP) is 6.35. The van der Waals surface area contributed by atoms with Gasteiger partial charge >= 0.3 is 18.3 Å². The van der Waals surface area contributed by atoms with Crippen LogP contribution in [0.15, 0.2) is 45.4 Å². The minimum absolute atomic E-state index is 0.0580. The smallest absolute Gasteiger partial charge is 0.425 e. The number of carboxylic acid groups (broad SMARTS) is 1. The molecule has 3 amide bonds. The molecule has 3 rings (SSSR count). The molecule has 39 heavy (non-hydrogen) atoms. The Bertz CT molecular complexity index is 1360. The lowest BCUT2D eigenvalue weighted by Crippen LogP contribution is -2.41. The number of carbonyl (C=O) groups excluding carboxylic acids is 2. The molecule has 208 valence electrons. The van der Waals surface area contributed by atoms with E-state index in [1.807, 2.05) is 0 Å². The summed E-state index contributed by atoms with van der Waals surface area (Å²) >= 11 is 3.30. The number of rotatable bonds is 5. The second-order valence-corrected chi connectivity index (χ2v) is 11.5. The van der Waals surface area contributed by atoms with Crippen LogP contribution in [-0.4, -0.2) is 61.7 Å².